The van der Waals surface area contributed by atoms with E-state index < -0.39 is 0 Å². The van der Waals surface area contributed by atoms with Gasteiger partial charge in [-0.1, -0.05) is 26.0 Å². The molecular formula is C9H13O. The number of hydrogen-bond acceptors (Lipinski definition) is 1. The summed E-state index contributed by atoms with van der Waals surface area (Å²) in [4.78, 5) is 0. The molecule has 0 bridgehead atoms. The van der Waals surface area contributed by atoms with Crippen molar-refractivity contribution in [3.8, 4) is 0 Å². The van der Waals surface area contributed by atoms with Gasteiger partial charge in [-0.2, -0.15) is 0 Å². The van der Waals surface area contributed by atoms with E-state index in [4.69, 9.17) is 5.11 Å². The Kier molecular flexibility index (Phi) is 1.84. The summed E-state index contributed by atoms with van der Waals surface area (Å²) in [5.74, 6) is 0.381. The lowest BCUT2D eigenvalue weighted by Crippen LogP contribution is -2.11. The van der Waals surface area contributed by atoms with Crippen molar-refractivity contribution in [2.45, 2.75) is 20.3 Å². The van der Waals surface area contributed by atoms with Gasteiger partial charge in [-0.3, -0.25) is 0 Å². The summed E-state index contributed by atoms with van der Waals surface area (Å²) in [6.45, 7) is 4.21. The van der Waals surface area contributed by atoms with Crippen LogP contribution in [0, 0.1) is 11.8 Å². The van der Waals surface area contributed by atoms with Crippen LogP contribution in [-0.4, -0.2) is 5.11 Å². The number of aliphatic hydroxyl groups excluding tert-OH is 1. The van der Waals surface area contributed by atoms with E-state index in [1.165, 1.54) is 0 Å². The second-order valence-corrected chi connectivity index (χ2v) is 2.95. The Labute approximate surface area is 62.1 Å². The van der Waals surface area contributed by atoms with Gasteiger partial charge in [0.25, 0.3) is 0 Å². The number of aliphatic hydroxyl groups is 1. The van der Waals surface area contributed by atoms with Gasteiger partial charge in [-0.15, -0.1) is 0 Å². The van der Waals surface area contributed by atoms with E-state index in [0.717, 1.165) is 6.42 Å². The molecule has 0 heterocycles. The molecule has 10 heavy (non-hydrogen) atoms. The van der Waals surface area contributed by atoms with Crippen molar-refractivity contribution in [1.82, 2.24) is 0 Å². The van der Waals surface area contributed by atoms with Crippen LogP contribution >= 0.6 is 0 Å². The van der Waals surface area contributed by atoms with Crippen molar-refractivity contribution in [3.05, 3.63) is 30.4 Å². The van der Waals surface area contributed by atoms with Crippen LogP contribution in [0.15, 0.2) is 24.0 Å². The summed E-state index contributed by atoms with van der Waals surface area (Å²) in [5.41, 5.74) is 0.0683. The Bertz CT molecular complexity index is 179. The minimum Gasteiger partial charge on any atom is -0.512 e. The van der Waals surface area contributed by atoms with E-state index in [1.54, 1.807) is 6.42 Å². The second-order valence-electron chi connectivity index (χ2n) is 2.95. The van der Waals surface area contributed by atoms with Crippen LogP contribution in [0.5, 0.6) is 0 Å². The van der Waals surface area contributed by atoms with Gasteiger partial charge < -0.3 is 5.11 Å². The zero-order chi connectivity index (χ0) is 7.61. The van der Waals surface area contributed by atoms with E-state index in [2.05, 4.69) is 19.9 Å². The zero-order valence-corrected chi connectivity index (χ0v) is 6.46. The predicted molar refractivity (Wildman–Crippen MR) is 42.5 cm³/mol. The zero-order valence-electron chi connectivity index (χ0n) is 6.46. The largest absolute Gasteiger partial charge is 0.512 e. The standard InChI is InChI=1S/C9H13O/c1-3-9(2)6-4-5-8(10)7-9/h4-7,10H,3H2,1-2H3. The summed E-state index contributed by atoms with van der Waals surface area (Å²) in [6.07, 6.45) is 8.62. The lowest BCUT2D eigenvalue weighted by atomic mass is 9.83. The quantitative estimate of drug-likeness (QED) is 0.589. The molecule has 1 aliphatic carbocycles. The van der Waals surface area contributed by atoms with Crippen LogP contribution in [0.25, 0.3) is 0 Å². The van der Waals surface area contributed by atoms with Crippen molar-refractivity contribution in [3.63, 3.8) is 0 Å². The summed E-state index contributed by atoms with van der Waals surface area (Å²) < 4.78 is 0. The Morgan fingerprint density at radius 3 is 2.70 bits per heavy atom. The lowest BCUT2D eigenvalue weighted by Gasteiger charge is -2.22. The molecule has 1 atom stereocenters. The number of rotatable bonds is 1. The molecule has 0 saturated heterocycles. The highest BCUT2D eigenvalue weighted by Gasteiger charge is 2.18. The fourth-order valence-corrected chi connectivity index (χ4v) is 1.02. The van der Waals surface area contributed by atoms with Crippen LogP contribution < -0.4 is 0 Å². The molecule has 0 aliphatic heterocycles. The molecule has 0 saturated carbocycles. The summed E-state index contributed by atoms with van der Waals surface area (Å²) in [6, 6.07) is 0. The highest BCUT2D eigenvalue weighted by molar-refractivity contribution is 5.27. The maximum Gasteiger partial charge on any atom is 0.0970 e. The van der Waals surface area contributed by atoms with Gasteiger partial charge in [0.2, 0.25) is 0 Å². The maximum atomic E-state index is 9.13. The Morgan fingerprint density at radius 2 is 2.30 bits per heavy atom. The third-order valence-electron chi connectivity index (χ3n) is 1.98. The summed E-state index contributed by atoms with van der Waals surface area (Å²) in [5, 5.41) is 9.13. The molecule has 1 aliphatic rings. The van der Waals surface area contributed by atoms with Gasteiger partial charge in [0.05, 0.1) is 5.76 Å². The van der Waals surface area contributed by atoms with Gasteiger partial charge in [0, 0.05) is 11.8 Å². The van der Waals surface area contributed by atoms with Gasteiger partial charge in [0.1, 0.15) is 0 Å². The summed E-state index contributed by atoms with van der Waals surface area (Å²) >= 11 is 0. The molecule has 0 aromatic rings. The van der Waals surface area contributed by atoms with Crippen molar-refractivity contribution in [2.24, 2.45) is 5.41 Å². The van der Waals surface area contributed by atoms with Crippen LogP contribution in [0.2, 0.25) is 0 Å². The SMILES string of the molecule is CCC1(C)C=C[CH]C(O)=C1. The van der Waals surface area contributed by atoms with Crippen LogP contribution in [0.4, 0.5) is 0 Å². The molecular weight excluding hydrogens is 124 g/mol. The van der Waals surface area contributed by atoms with Crippen LogP contribution in [-0.2, 0) is 0 Å². The molecule has 1 N–H and O–H groups in total. The molecule has 1 heteroatoms. The maximum absolute atomic E-state index is 9.13. The van der Waals surface area contributed by atoms with Crippen molar-refractivity contribution in [2.75, 3.05) is 0 Å². The lowest BCUT2D eigenvalue weighted by molar-refractivity contribution is 0.396. The fraction of sp³-hybridized carbons (Fsp3) is 0.444. The molecule has 1 rings (SSSR count). The first-order chi connectivity index (χ1) is 4.66. The average molecular weight is 137 g/mol. The Morgan fingerprint density at radius 1 is 1.60 bits per heavy atom. The van der Waals surface area contributed by atoms with E-state index in [0.29, 0.717) is 5.76 Å². The van der Waals surface area contributed by atoms with E-state index >= 15 is 0 Å². The third kappa shape index (κ3) is 1.41. The van der Waals surface area contributed by atoms with Crippen LogP contribution in [0.1, 0.15) is 20.3 Å². The van der Waals surface area contributed by atoms with Gasteiger partial charge >= 0.3 is 0 Å². The topological polar surface area (TPSA) is 20.2 Å². The van der Waals surface area contributed by atoms with Crippen LogP contribution in [0.3, 0.4) is 0 Å². The summed E-state index contributed by atoms with van der Waals surface area (Å²) in [7, 11) is 0. The Hall–Kier alpha value is -0.720. The van der Waals surface area contributed by atoms with E-state index in [-0.39, 0.29) is 5.41 Å². The average Bonchev–Trinajstić information content (AvgIpc) is 1.88. The monoisotopic (exact) mass is 137 g/mol. The minimum atomic E-state index is 0.0683. The molecule has 0 amide bonds. The van der Waals surface area contributed by atoms with Crippen molar-refractivity contribution in [1.29, 1.82) is 0 Å². The Balaban J connectivity index is 2.78. The normalized spacial score (nSPS) is 32.0. The smallest absolute Gasteiger partial charge is 0.0970 e. The van der Waals surface area contributed by atoms with Gasteiger partial charge in [-0.05, 0) is 12.5 Å². The molecule has 1 nitrogen and oxygen atoms in total. The molecule has 0 spiro atoms. The molecule has 0 aromatic heterocycles. The highest BCUT2D eigenvalue weighted by atomic mass is 16.3. The predicted octanol–water partition coefficient (Wildman–Crippen LogP) is 2.62. The van der Waals surface area contributed by atoms with Crippen molar-refractivity contribution >= 4 is 0 Å². The molecule has 1 radical (unpaired) electrons. The van der Waals surface area contributed by atoms with Gasteiger partial charge in [-0.25, -0.2) is 0 Å². The fourth-order valence-electron chi connectivity index (χ4n) is 1.02. The number of hydrogen-bond donors (Lipinski definition) is 1. The molecule has 0 fully saturated rings. The molecule has 0 aromatic carbocycles. The van der Waals surface area contributed by atoms with Crippen molar-refractivity contribution < 1.29 is 5.11 Å². The first-order valence-electron chi connectivity index (χ1n) is 3.61. The molecule has 55 valence electrons. The minimum absolute atomic E-state index is 0.0683. The molecule has 1 unspecified atom stereocenters. The number of allylic oxidation sites excluding steroid dienone is 3. The highest BCUT2D eigenvalue weighted by Crippen LogP contribution is 2.29. The second kappa shape index (κ2) is 2.49. The third-order valence-corrected chi connectivity index (χ3v) is 1.98. The van der Waals surface area contributed by atoms with Gasteiger partial charge in [0.15, 0.2) is 0 Å². The first-order valence-corrected chi connectivity index (χ1v) is 3.61. The van der Waals surface area contributed by atoms with E-state index in [1.807, 2.05) is 12.2 Å². The van der Waals surface area contributed by atoms with E-state index in [9.17, 15) is 0 Å². The first kappa shape index (κ1) is 7.39.